The molecule has 0 rings (SSSR count). The van der Waals surface area contributed by atoms with Crippen LogP contribution < -0.4 is 5.32 Å². The predicted octanol–water partition coefficient (Wildman–Crippen LogP) is 0.687. The lowest BCUT2D eigenvalue weighted by atomic mass is 10.2. The topological polar surface area (TPSA) is 64.6 Å². The molecule has 0 radical (unpaired) electrons. The van der Waals surface area contributed by atoms with E-state index in [1.807, 2.05) is 0 Å². The zero-order chi connectivity index (χ0) is 11.9. The molecule has 5 nitrogen and oxygen atoms in total. The minimum absolute atomic E-state index is 0.102. The molecule has 0 saturated carbocycles. The highest BCUT2D eigenvalue weighted by molar-refractivity contribution is 5.78. The number of esters is 1. The Balaban J connectivity index is 3.73. The molecule has 0 atom stereocenters. The fourth-order valence-electron chi connectivity index (χ4n) is 0.632. The van der Waals surface area contributed by atoms with Gasteiger partial charge in [0.05, 0.1) is 0 Å². The second-order valence-electron chi connectivity index (χ2n) is 3.72. The number of alkyl carbamates (subject to hydrolysis) is 1. The molecule has 0 aliphatic heterocycles. The monoisotopic (exact) mass is 213 g/mol. The normalized spacial score (nSPS) is 10.0. The van der Waals surface area contributed by atoms with Crippen molar-refractivity contribution in [3.8, 4) is 12.3 Å². The quantitative estimate of drug-likeness (QED) is 0.553. The van der Waals surface area contributed by atoms with Gasteiger partial charge in [0.15, 0.2) is 6.61 Å². The molecule has 1 N–H and O–H groups in total. The van der Waals surface area contributed by atoms with Gasteiger partial charge in [-0.1, -0.05) is 5.92 Å². The van der Waals surface area contributed by atoms with Gasteiger partial charge in [-0.05, 0) is 20.8 Å². The van der Waals surface area contributed by atoms with Crippen LogP contribution in [-0.4, -0.2) is 30.8 Å². The lowest BCUT2D eigenvalue weighted by Gasteiger charge is -2.19. The lowest BCUT2D eigenvalue weighted by Crippen LogP contribution is -2.36. The van der Waals surface area contributed by atoms with Gasteiger partial charge in [0.25, 0.3) is 0 Å². The number of hydrogen-bond donors (Lipinski definition) is 1. The van der Waals surface area contributed by atoms with Crippen LogP contribution in [0.25, 0.3) is 0 Å². The van der Waals surface area contributed by atoms with Crippen LogP contribution >= 0.6 is 0 Å². The molecule has 15 heavy (non-hydrogen) atoms. The smallest absolute Gasteiger partial charge is 0.408 e. The molecule has 0 bridgehead atoms. The zero-order valence-electron chi connectivity index (χ0n) is 9.12. The van der Waals surface area contributed by atoms with Gasteiger partial charge in [0.2, 0.25) is 0 Å². The van der Waals surface area contributed by atoms with Crippen LogP contribution in [0, 0.1) is 12.3 Å². The molecule has 0 aromatic carbocycles. The van der Waals surface area contributed by atoms with Crippen LogP contribution in [0.2, 0.25) is 0 Å². The van der Waals surface area contributed by atoms with E-state index in [9.17, 15) is 9.59 Å². The van der Waals surface area contributed by atoms with Crippen molar-refractivity contribution in [2.75, 3.05) is 13.2 Å². The SMILES string of the molecule is C#CCOC(=O)CNC(=O)OC(C)(C)C. The van der Waals surface area contributed by atoms with E-state index >= 15 is 0 Å². The van der Waals surface area contributed by atoms with Crippen LogP contribution in [0.3, 0.4) is 0 Å². The summed E-state index contributed by atoms with van der Waals surface area (Å²) in [6.07, 6.45) is 4.21. The van der Waals surface area contributed by atoms with Gasteiger partial charge in [-0.3, -0.25) is 4.79 Å². The number of hydrogen-bond acceptors (Lipinski definition) is 4. The summed E-state index contributed by atoms with van der Waals surface area (Å²) in [5, 5.41) is 2.24. The fourth-order valence-corrected chi connectivity index (χ4v) is 0.632. The fraction of sp³-hybridized carbons (Fsp3) is 0.600. The summed E-state index contributed by atoms with van der Waals surface area (Å²) < 4.78 is 9.42. The summed E-state index contributed by atoms with van der Waals surface area (Å²) in [5.74, 6) is 1.54. The van der Waals surface area contributed by atoms with Gasteiger partial charge >= 0.3 is 12.1 Å². The highest BCUT2D eigenvalue weighted by Crippen LogP contribution is 2.05. The van der Waals surface area contributed by atoms with Crippen LogP contribution in [-0.2, 0) is 14.3 Å². The van der Waals surface area contributed by atoms with E-state index in [0.717, 1.165) is 0 Å². The summed E-state index contributed by atoms with van der Waals surface area (Å²) in [7, 11) is 0. The highest BCUT2D eigenvalue weighted by atomic mass is 16.6. The Hall–Kier alpha value is -1.70. The number of carbonyl (C=O) groups is 2. The zero-order valence-corrected chi connectivity index (χ0v) is 9.12. The molecular formula is C10H15NO4. The molecular weight excluding hydrogens is 198 g/mol. The lowest BCUT2D eigenvalue weighted by molar-refractivity contribution is -0.141. The van der Waals surface area contributed by atoms with Gasteiger partial charge in [0.1, 0.15) is 12.1 Å². The first-order chi connectivity index (χ1) is 6.85. The first kappa shape index (κ1) is 13.3. The average molecular weight is 213 g/mol. The predicted molar refractivity (Wildman–Crippen MR) is 54.0 cm³/mol. The summed E-state index contributed by atoms with van der Waals surface area (Å²) in [6.45, 7) is 4.82. The van der Waals surface area contributed by atoms with E-state index < -0.39 is 17.7 Å². The molecule has 1 amide bonds. The Bertz CT molecular complexity index is 272. The van der Waals surface area contributed by atoms with E-state index in [0.29, 0.717) is 0 Å². The number of carbonyl (C=O) groups excluding carboxylic acids is 2. The second kappa shape index (κ2) is 5.91. The van der Waals surface area contributed by atoms with Crippen LogP contribution in [0.4, 0.5) is 4.79 Å². The molecule has 0 saturated heterocycles. The number of rotatable bonds is 3. The van der Waals surface area contributed by atoms with Gasteiger partial charge in [-0.2, -0.15) is 0 Å². The first-order valence-corrected chi connectivity index (χ1v) is 4.41. The number of amides is 1. The van der Waals surface area contributed by atoms with Crippen molar-refractivity contribution in [2.45, 2.75) is 26.4 Å². The third kappa shape index (κ3) is 8.63. The van der Waals surface area contributed by atoms with Crippen molar-refractivity contribution >= 4 is 12.1 Å². The van der Waals surface area contributed by atoms with Crippen molar-refractivity contribution in [1.29, 1.82) is 0 Å². The molecule has 0 unspecified atom stereocenters. The Labute approximate surface area is 89.1 Å². The third-order valence-electron chi connectivity index (χ3n) is 1.09. The second-order valence-corrected chi connectivity index (χ2v) is 3.72. The molecule has 84 valence electrons. The summed E-state index contributed by atoms with van der Waals surface area (Å²) in [6, 6.07) is 0. The van der Waals surface area contributed by atoms with E-state index in [1.54, 1.807) is 20.8 Å². The van der Waals surface area contributed by atoms with Crippen molar-refractivity contribution < 1.29 is 19.1 Å². The first-order valence-electron chi connectivity index (χ1n) is 4.41. The van der Waals surface area contributed by atoms with Crippen LogP contribution in [0.5, 0.6) is 0 Å². The number of nitrogens with one attached hydrogen (secondary N) is 1. The van der Waals surface area contributed by atoms with E-state index in [2.05, 4.69) is 16.0 Å². The van der Waals surface area contributed by atoms with E-state index in [1.165, 1.54) is 0 Å². The van der Waals surface area contributed by atoms with Crippen LogP contribution in [0.15, 0.2) is 0 Å². The molecule has 0 aliphatic rings. The Morgan fingerprint density at radius 1 is 1.40 bits per heavy atom. The average Bonchev–Trinajstić information content (AvgIpc) is 2.08. The molecule has 0 spiro atoms. The molecule has 0 heterocycles. The maximum Gasteiger partial charge on any atom is 0.408 e. The summed E-state index contributed by atoms with van der Waals surface area (Å²) in [5.41, 5.74) is -0.590. The number of ether oxygens (including phenoxy) is 2. The minimum atomic E-state index is -0.667. The maximum absolute atomic E-state index is 11.1. The largest absolute Gasteiger partial charge is 0.451 e. The van der Waals surface area contributed by atoms with E-state index in [-0.39, 0.29) is 13.2 Å². The van der Waals surface area contributed by atoms with Gasteiger partial charge < -0.3 is 14.8 Å². The Kier molecular flexibility index (Phi) is 5.24. The number of terminal acetylenes is 1. The van der Waals surface area contributed by atoms with Crippen LogP contribution in [0.1, 0.15) is 20.8 Å². The molecule has 0 aliphatic carbocycles. The molecule has 5 heteroatoms. The van der Waals surface area contributed by atoms with Crippen molar-refractivity contribution in [1.82, 2.24) is 5.32 Å². The van der Waals surface area contributed by atoms with E-state index in [4.69, 9.17) is 11.2 Å². The van der Waals surface area contributed by atoms with Crippen molar-refractivity contribution in [2.24, 2.45) is 0 Å². The maximum atomic E-state index is 11.1. The molecule has 0 aromatic rings. The standard InChI is InChI=1S/C10H15NO4/c1-5-6-14-8(12)7-11-9(13)15-10(2,3)4/h1H,6-7H2,2-4H3,(H,11,13). The van der Waals surface area contributed by atoms with Crippen molar-refractivity contribution in [3.05, 3.63) is 0 Å². The summed E-state index contributed by atoms with van der Waals surface area (Å²) >= 11 is 0. The molecule has 0 fully saturated rings. The molecule has 0 aromatic heterocycles. The van der Waals surface area contributed by atoms with Gasteiger partial charge in [0, 0.05) is 0 Å². The van der Waals surface area contributed by atoms with Crippen molar-refractivity contribution in [3.63, 3.8) is 0 Å². The Morgan fingerprint density at radius 3 is 2.47 bits per heavy atom. The highest BCUT2D eigenvalue weighted by Gasteiger charge is 2.16. The third-order valence-corrected chi connectivity index (χ3v) is 1.09. The minimum Gasteiger partial charge on any atom is -0.451 e. The van der Waals surface area contributed by atoms with Gasteiger partial charge in [-0.15, -0.1) is 6.42 Å². The van der Waals surface area contributed by atoms with Gasteiger partial charge in [-0.25, -0.2) is 4.79 Å². The summed E-state index contributed by atoms with van der Waals surface area (Å²) in [4.78, 5) is 21.9. The Morgan fingerprint density at radius 2 is 2.00 bits per heavy atom.